The lowest BCUT2D eigenvalue weighted by atomic mass is 9.91. The van der Waals surface area contributed by atoms with Crippen LogP contribution in [0, 0.1) is 5.92 Å². The van der Waals surface area contributed by atoms with Crippen LogP contribution in [0.5, 0.6) is 0 Å². The molecule has 2 heteroatoms. The van der Waals surface area contributed by atoms with E-state index >= 15 is 0 Å². The number of rotatable bonds is 3. The third-order valence-corrected chi connectivity index (χ3v) is 2.68. The van der Waals surface area contributed by atoms with Gasteiger partial charge in [-0.3, -0.25) is 0 Å². The Morgan fingerprint density at radius 1 is 1.55 bits per heavy atom. The Morgan fingerprint density at radius 2 is 2.27 bits per heavy atom. The van der Waals surface area contributed by atoms with Crippen molar-refractivity contribution >= 4 is 11.3 Å². The summed E-state index contributed by atoms with van der Waals surface area (Å²) in [5.41, 5.74) is 3.19. The highest BCUT2D eigenvalue weighted by Crippen LogP contribution is 2.26. The first-order valence-electron chi connectivity index (χ1n) is 4.13. The zero-order valence-corrected chi connectivity index (χ0v) is 8.19. The predicted molar refractivity (Wildman–Crippen MR) is 50.0 cm³/mol. The molecule has 1 rings (SSSR count). The molecule has 0 bridgehead atoms. The first kappa shape index (κ1) is 8.72. The third-order valence-electron chi connectivity index (χ3n) is 2.08. The number of aromatic nitrogens is 1. The van der Waals surface area contributed by atoms with E-state index in [0.717, 1.165) is 0 Å². The maximum absolute atomic E-state index is 4.33. The summed E-state index contributed by atoms with van der Waals surface area (Å²) in [5, 5.41) is 2.16. The van der Waals surface area contributed by atoms with Gasteiger partial charge in [-0.15, -0.1) is 11.3 Å². The summed E-state index contributed by atoms with van der Waals surface area (Å²) in [6, 6.07) is 0. The number of hydrogen-bond donors (Lipinski definition) is 0. The second kappa shape index (κ2) is 3.86. The van der Waals surface area contributed by atoms with Crippen LogP contribution in [0.15, 0.2) is 10.9 Å². The topological polar surface area (TPSA) is 12.9 Å². The molecule has 0 fully saturated rings. The molecule has 1 atom stereocenters. The van der Waals surface area contributed by atoms with E-state index in [2.05, 4.69) is 31.1 Å². The molecule has 62 valence electrons. The van der Waals surface area contributed by atoms with Gasteiger partial charge in [-0.25, -0.2) is 4.98 Å². The minimum atomic E-state index is 0.654. The summed E-state index contributed by atoms with van der Waals surface area (Å²) in [5.74, 6) is 1.36. The fraction of sp³-hybridized carbons (Fsp3) is 0.667. The van der Waals surface area contributed by atoms with E-state index in [0.29, 0.717) is 11.8 Å². The van der Waals surface area contributed by atoms with Gasteiger partial charge < -0.3 is 0 Å². The van der Waals surface area contributed by atoms with Gasteiger partial charge in [-0.2, -0.15) is 0 Å². The van der Waals surface area contributed by atoms with E-state index in [9.17, 15) is 0 Å². The Morgan fingerprint density at radius 3 is 2.64 bits per heavy atom. The lowest BCUT2D eigenvalue weighted by Gasteiger charge is -2.15. The van der Waals surface area contributed by atoms with Gasteiger partial charge >= 0.3 is 0 Å². The first-order chi connectivity index (χ1) is 5.25. The van der Waals surface area contributed by atoms with E-state index < -0.39 is 0 Å². The van der Waals surface area contributed by atoms with Crippen molar-refractivity contribution in [2.45, 2.75) is 33.1 Å². The van der Waals surface area contributed by atoms with Crippen molar-refractivity contribution in [1.29, 1.82) is 0 Å². The average Bonchev–Trinajstić information content (AvgIpc) is 2.40. The smallest absolute Gasteiger partial charge is 0.0794 e. The monoisotopic (exact) mass is 169 g/mol. The van der Waals surface area contributed by atoms with E-state index in [1.54, 1.807) is 11.3 Å². The van der Waals surface area contributed by atoms with Gasteiger partial charge in [0, 0.05) is 11.3 Å². The standard InChI is InChI=1S/C9H15NS/c1-4-8(7(2)3)9-5-11-6-10-9/h5-8H,4H2,1-3H3. The molecule has 1 nitrogen and oxygen atoms in total. The van der Waals surface area contributed by atoms with Crippen LogP contribution in [-0.2, 0) is 0 Å². The lowest BCUT2D eigenvalue weighted by Crippen LogP contribution is -2.05. The van der Waals surface area contributed by atoms with Crippen LogP contribution in [0.25, 0.3) is 0 Å². The summed E-state index contributed by atoms with van der Waals surface area (Å²) in [6.45, 7) is 6.74. The fourth-order valence-electron chi connectivity index (χ4n) is 1.43. The molecule has 0 saturated carbocycles. The van der Waals surface area contributed by atoms with Crippen molar-refractivity contribution in [2.75, 3.05) is 0 Å². The van der Waals surface area contributed by atoms with Gasteiger partial charge in [0.15, 0.2) is 0 Å². The van der Waals surface area contributed by atoms with Crippen molar-refractivity contribution in [1.82, 2.24) is 4.98 Å². The Kier molecular flexibility index (Phi) is 3.06. The Bertz CT molecular complexity index is 191. The summed E-state index contributed by atoms with van der Waals surface area (Å²) in [6.07, 6.45) is 1.20. The van der Waals surface area contributed by atoms with Crippen LogP contribution in [0.1, 0.15) is 38.8 Å². The number of nitrogens with zero attached hydrogens (tertiary/aromatic N) is 1. The molecule has 1 heterocycles. The lowest BCUT2D eigenvalue weighted by molar-refractivity contribution is 0.477. The molecule has 0 aromatic carbocycles. The van der Waals surface area contributed by atoms with E-state index in [-0.39, 0.29) is 0 Å². The summed E-state index contributed by atoms with van der Waals surface area (Å²) in [4.78, 5) is 4.33. The van der Waals surface area contributed by atoms with Gasteiger partial charge in [-0.05, 0) is 12.3 Å². The zero-order chi connectivity index (χ0) is 8.27. The van der Waals surface area contributed by atoms with Gasteiger partial charge in [-0.1, -0.05) is 20.8 Å². The molecule has 0 aliphatic rings. The van der Waals surface area contributed by atoms with Crippen molar-refractivity contribution in [3.05, 3.63) is 16.6 Å². The first-order valence-corrected chi connectivity index (χ1v) is 5.08. The van der Waals surface area contributed by atoms with E-state index in [1.165, 1.54) is 12.1 Å². The molecular weight excluding hydrogens is 154 g/mol. The predicted octanol–water partition coefficient (Wildman–Crippen LogP) is 3.29. The highest BCUT2D eigenvalue weighted by molar-refractivity contribution is 7.07. The molecule has 11 heavy (non-hydrogen) atoms. The van der Waals surface area contributed by atoms with Gasteiger partial charge in [0.25, 0.3) is 0 Å². The largest absolute Gasteiger partial charge is 0.249 e. The summed E-state index contributed by atoms with van der Waals surface area (Å²) in [7, 11) is 0. The Balaban J connectivity index is 2.71. The molecule has 1 aromatic rings. The minimum Gasteiger partial charge on any atom is -0.249 e. The highest BCUT2D eigenvalue weighted by Gasteiger charge is 2.14. The minimum absolute atomic E-state index is 0.654. The second-order valence-electron chi connectivity index (χ2n) is 3.17. The van der Waals surface area contributed by atoms with Crippen LogP contribution < -0.4 is 0 Å². The van der Waals surface area contributed by atoms with Crippen molar-refractivity contribution < 1.29 is 0 Å². The van der Waals surface area contributed by atoms with Gasteiger partial charge in [0.2, 0.25) is 0 Å². The molecule has 0 spiro atoms. The van der Waals surface area contributed by atoms with Crippen molar-refractivity contribution in [3.63, 3.8) is 0 Å². The summed E-state index contributed by atoms with van der Waals surface area (Å²) >= 11 is 1.69. The fourth-order valence-corrected chi connectivity index (χ4v) is 2.05. The molecular formula is C9H15NS. The van der Waals surface area contributed by atoms with Crippen molar-refractivity contribution in [3.8, 4) is 0 Å². The Labute approximate surface area is 72.5 Å². The average molecular weight is 169 g/mol. The van der Waals surface area contributed by atoms with Crippen LogP contribution in [-0.4, -0.2) is 4.98 Å². The second-order valence-corrected chi connectivity index (χ2v) is 3.89. The van der Waals surface area contributed by atoms with Crippen LogP contribution >= 0.6 is 11.3 Å². The number of thiazole rings is 1. The molecule has 0 aliphatic heterocycles. The maximum Gasteiger partial charge on any atom is 0.0794 e. The van der Waals surface area contributed by atoms with Crippen LogP contribution in [0.2, 0.25) is 0 Å². The van der Waals surface area contributed by atoms with Gasteiger partial charge in [0.1, 0.15) is 0 Å². The van der Waals surface area contributed by atoms with E-state index in [4.69, 9.17) is 0 Å². The van der Waals surface area contributed by atoms with Crippen molar-refractivity contribution in [2.24, 2.45) is 5.92 Å². The highest BCUT2D eigenvalue weighted by atomic mass is 32.1. The normalized spacial score (nSPS) is 13.8. The maximum atomic E-state index is 4.33. The van der Waals surface area contributed by atoms with Gasteiger partial charge in [0.05, 0.1) is 11.2 Å². The molecule has 0 aliphatic carbocycles. The quantitative estimate of drug-likeness (QED) is 0.676. The SMILES string of the molecule is CCC(c1cscn1)C(C)C. The molecule has 0 amide bonds. The van der Waals surface area contributed by atoms with Crippen LogP contribution in [0.3, 0.4) is 0 Å². The third kappa shape index (κ3) is 2.03. The Hall–Kier alpha value is -0.370. The summed E-state index contributed by atoms with van der Waals surface area (Å²) < 4.78 is 0. The molecule has 0 N–H and O–H groups in total. The number of hydrogen-bond acceptors (Lipinski definition) is 2. The molecule has 0 radical (unpaired) electrons. The zero-order valence-electron chi connectivity index (χ0n) is 7.37. The molecule has 1 aromatic heterocycles. The van der Waals surface area contributed by atoms with E-state index in [1.807, 2.05) is 5.51 Å². The molecule has 1 unspecified atom stereocenters. The van der Waals surface area contributed by atoms with Crippen LogP contribution in [0.4, 0.5) is 0 Å². The molecule has 0 saturated heterocycles.